The summed E-state index contributed by atoms with van der Waals surface area (Å²) >= 11 is 0. The van der Waals surface area contributed by atoms with Gasteiger partial charge in [0, 0.05) is 0 Å². The quantitative estimate of drug-likeness (QED) is 0.561. The summed E-state index contributed by atoms with van der Waals surface area (Å²) in [6, 6.07) is 0. The Bertz CT molecular complexity index is 251. The summed E-state index contributed by atoms with van der Waals surface area (Å²) in [5.41, 5.74) is 0.732. The molecule has 0 saturated heterocycles. The third-order valence-electron chi connectivity index (χ3n) is 5.62. The van der Waals surface area contributed by atoms with Gasteiger partial charge in [0.1, 0.15) is 0 Å². The van der Waals surface area contributed by atoms with E-state index < -0.39 is 0 Å². The van der Waals surface area contributed by atoms with Gasteiger partial charge in [-0.1, -0.05) is 46.6 Å². The Balaban J connectivity index is 1.88. The standard InChI is InChI=1S/C15H26/c1-6-9-12-14-13(15(12,14)5)10(4)11(7-2)8-3/h6,10-14H,1,7-9H2,2-5H3. The van der Waals surface area contributed by atoms with Gasteiger partial charge in [-0.15, -0.1) is 6.58 Å². The van der Waals surface area contributed by atoms with Gasteiger partial charge in [-0.25, -0.2) is 0 Å². The molecule has 2 rings (SSSR count). The molecule has 0 bridgehead atoms. The second kappa shape index (κ2) is 3.64. The smallest absolute Gasteiger partial charge is 0.0224 e. The van der Waals surface area contributed by atoms with Gasteiger partial charge in [0.2, 0.25) is 0 Å². The number of fused-ring (bicyclic) bond motifs is 1. The van der Waals surface area contributed by atoms with Crippen LogP contribution in [-0.4, -0.2) is 0 Å². The molecule has 5 unspecified atom stereocenters. The lowest BCUT2D eigenvalue weighted by atomic mass is 9.77. The minimum Gasteiger partial charge on any atom is -0.103 e. The molecule has 5 atom stereocenters. The third-order valence-corrected chi connectivity index (χ3v) is 5.62. The molecule has 0 aromatic carbocycles. The molecular formula is C15H26. The van der Waals surface area contributed by atoms with Crippen molar-refractivity contribution >= 4 is 0 Å². The summed E-state index contributed by atoms with van der Waals surface area (Å²) in [7, 11) is 0. The van der Waals surface area contributed by atoms with Crippen LogP contribution in [0.25, 0.3) is 0 Å². The first-order chi connectivity index (χ1) is 7.12. The molecule has 0 spiro atoms. The molecule has 86 valence electrons. The first-order valence-corrected chi connectivity index (χ1v) is 6.73. The van der Waals surface area contributed by atoms with E-state index in [1.165, 1.54) is 19.3 Å². The van der Waals surface area contributed by atoms with Crippen molar-refractivity contribution in [3.8, 4) is 0 Å². The zero-order chi connectivity index (χ0) is 11.2. The Hall–Kier alpha value is -0.260. The van der Waals surface area contributed by atoms with Crippen LogP contribution in [0.4, 0.5) is 0 Å². The summed E-state index contributed by atoms with van der Waals surface area (Å²) < 4.78 is 0. The van der Waals surface area contributed by atoms with E-state index in [2.05, 4.69) is 40.3 Å². The molecule has 0 aromatic heterocycles. The highest BCUT2D eigenvalue weighted by molar-refractivity contribution is 5.30. The van der Waals surface area contributed by atoms with Crippen LogP contribution in [0.15, 0.2) is 12.7 Å². The maximum Gasteiger partial charge on any atom is -0.0224 e. The normalized spacial score (nSPS) is 43.7. The van der Waals surface area contributed by atoms with Crippen LogP contribution in [0.1, 0.15) is 47.0 Å². The lowest BCUT2D eigenvalue weighted by Gasteiger charge is -2.28. The summed E-state index contributed by atoms with van der Waals surface area (Å²) in [5, 5.41) is 0. The first-order valence-electron chi connectivity index (χ1n) is 6.73. The van der Waals surface area contributed by atoms with Gasteiger partial charge in [-0.05, 0) is 41.4 Å². The average Bonchev–Trinajstić information content (AvgIpc) is 3.01. The van der Waals surface area contributed by atoms with Gasteiger partial charge in [0.05, 0.1) is 0 Å². The van der Waals surface area contributed by atoms with Gasteiger partial charge < -0.3 is 0 Å². The van der Waals surface area contributed by atoms with Crippen LogP contribution in [0.3, 0.4) is 0 Å². The molecule has 15 heavy (non-hydrogen) atoms. The lowest BCUT2D eigenvalue weighted by molar-refractivity contribution is 0.214. The van der Waals surface area contributed by atoms with Gasteiger partial charge in [-0.2, -0.15) is 0 Å². The highest BCUT2D eigenvalue weighted by Gasteiger charge is 2.83. The van der Waals surface area contributed by atoms with Crippen molar-refractivity contribution < 1.29 is 0 Å². The SMILES string of the molecule is C=CCC1C2C(C(C)C(CC)CC)C12C. The molecule has 0 heterocycles. The Morgan fingerprint density at radius 3 is 2.27 bits per heavy atom. The highest BCUT2D eigenvalue weighted by Crippen LogP contribution is 2.87. The van der Waals surface area contributed by atoms with E-state index in [0.717, 1.165) is 35.0 Å². The minimum absolute atomic E-state index is 0.732. The Kier molecular flexibility index (Phi) is 2.73. The van der Waals surface area contributed by atoms with Crippen molar-refractivity contribution in [2.24, 2.45) is 35.0 Å². The van der Waals surface area contributed by atoms with Crippen LogP contribution in [-0.2, 0) is 0 Å². The minimum atomic E-state index is 0.732. The molecule has 0 N–H and O–H groups in total. The van der Waals surface area contributed by atoms with Crippen molar-refractivity contribution in [1.82, 2.24) is 0 Å². The predicted octanol–water partition coefficient (Wildman–Crippen LogP) is 4.52. The van der Waals surface area contributed by atoms with Crippen molar-refractivity contribution in [1.29, 1.82) is 0 Å². The molecule has 2 aliphatic carbocycles. The molecule has 0 nitrogen and oxygen atoms in total. The molecule has 2 saturated carbocycles. The summed E-state index contributed by atoms with van der Waals surface area (Å²) in [5.74, 6) is 5.02. The molecule has 0 aromatic rings. The maximum atomic E-state index is 3.86. The largest absolute Gasteiger partial charge is 0.103 e. The third kappa shape index (κ3) is 1.40. The fourth-order valence-corrected chi connectivity index (χ4v) is 4.44. The van der Waals surface area contributed by atoms with Crippen molar-refractivity contribution in [2.45, 2.75) is 47.0 Å². The summed E-state index contributed by atoms with van der Waals surface area (Å²) in [6.45, 7) is 13.6. The van der Waals surface area contributed by atoms with E-state index in [1.54, 1.807) is 0 Å². The number of allylic oxidation sites excluding steroid dienone is 1. The van der Waals surface area contributed by atoms with Crippen LogP contribution in [0, 0.1) is 35.0 Å². The summed E-state index contributed by atoms with van der Waals surface area (Å²) in [4.78, 5) is 0. The molecule has 0 radical (unpaired) electrons. The molecule has 2 fully saturated rings. The second-order valence-corrected chi connectivity index (χ2v) is 5.98. The van der Waals surface area contributed by atoms with Crippen molar-refractivity contribution in [2.75, 3.05) is 0 Å². The Morgan fingerprint density at radius 2 is 1.87 bits per heavy atom. The van der Waals surface area contributed by atoms with Gasteiger partial charge >= 0.3 is 0 Å². The monoisotopic (exact) mass is 206 g/mol. The second-order valence-electron chi connectivity index (χ2n) is 5.98. The summed E-state index contributed by atoms with van der Waals surface area (Å²) in [6.07, 6.45) is 6.10. The number of hydrogen-bond acceptors (Lipinski definition) is 0. The van der Waals surface area contributed by atoms with Crippen LogP contribution >= 0.6 is 0 Å². The van der Waals surface area contributed by atoms with E-state index in [0.29, 0.717) is 0 Å². The van der Waals surface area contributed by atoms with Crippen molar-refractivity contribution in [3.05, 3.63) is 12.7 Å². The molecule has 0 amide bonds. The molecular weight excluding hydrogens is 180 g/mol. The molecule has 0 aliphatic heterocycles. The fraction of sp³-hybridized carbons (Fsp3) is 0.867. The van der Waals surface area contributed by atoms with Crippen LogP contribution in [0.2, 0.25) is 0 Å². The maximum absolute atomic E-state index is 3.86. The Labute approximate surface area is 95.1 Å². The molecule has 0 heteroatoms. The van der Waals surface area contributed by atoms with Gasteiger partial charge in [0.15, 0.2) is 0 Å². The topological polar surface area (TPSA) is 0 Å². The molecule has 2 aliphatic rings. The van der Waals surface area contributed by atoms with E-state index in [4.69, 9.17) is 0 Å². The van der Waals surface area contributed by atoms with Gasteiger partial charge in [-0.3, -0.25) is 0 Å². The van der Waals surface area contributed by atoms with E-state index in [9.17, 15) is 0 Å². The predicted molar refractivity (Wildman–Crippen MR) is 66.6 cm³/mol. The van der Waals surface area contributed by atoms with E-state index in [1.807, 2.05) is 0 Å². The van der Waals surface area contributed by atoms with Crippen LogP contribution < -0.4 is 0 Å². The van der Waals surface area contributed by atoms with Crippen LogP contribution in [0.5, 0.6) is 0 Å². The van der Waals surface area contributed by atoms with Gasteiger partial charge in [0.25, 0.3) is 0 Å². The van der Waals surface area contributed by atoms with E-state index >= 15 is 0 Å². The Morgan fingerprint density at radius 1 is 1.33 bits per heavy atom. The number of hydrogen-bond donors (Lipinski definition) is 0. The zero-order valence-electron chi connectivity index (χ0n) is 10.8. The fourth-order valence-electron chi connectivity index (χ4n) is 4.44. The van der Waals surface area contributed by atoms with Crippen molar-refractivity contribution in [3.63, 3.8) is 0 Å². The zero-order valence-corrected chi connectivity index (χ0v) is 10.8. The highest BCUT2D eigenvalue weighted by atomic mass is 14.9. The number of rotatable bonds is 6. The lowest BCUT2D eigenvalue weighted by Crippen LogP contribution is -2.21. The average molecular weight is 206 g/mol. The van der Waals surface area contributed by atoms with E-state index in [-0.39, 0.29) is 0 Å². The first kappa shape index (κ1) is 11.2.